The molecule has 0 aliphatic carbocycles. The van der Waals surface area contributed by atoms with Gasteiger partial charge in [-0.05, 0) is 25.3 Å². The minimum atomic E-state index is -0.471. The monoisotopic (exact) mass is 308 g/mol. The molecule has 0 spiro atoms. The average molecular weight is 308 g/mol. The molecule has 0 aliphatic rings. The number of rotatable bonds is 5. The highest BCUT2D eigenvalue weighted by Crippen LogP contribution is 2.25. The molecule has 0 aliphatic heterocycles. The maximum atomic E-state index is 12.2. The van der Waals surface area contributed by atoms with E-state index in [1.54, 1.807) is 29.2 Å². The lowest BCUT2D eigenvalue weighted by Crippen LogP contribution is -2.16. The number of nitrogens with two attached hydrogens (primary N) is 1. The summed E-state index contributed by atoms with van der Waals surface area (Å²) in [6.45, 7) is 4.51. The van der Waals surface area contributed by atoms with E-state index >= 15 is 0 Å². The van der Waals surface area contributed by atoms with E-state index < -0.39 is 11.9 Å². The topological polar surface area (TPSA) is 99.2 Å². The van der Waals surface area contributed by atoms with Gasteiger partial charge < -0.3 is 15.8 Å². The molecule has 8 heteroatoms. The predicted octanol–water partition coefficient (Wildman–Crippen LogP) is 1.98. The Morgan fingerprint density at radius 2 is 2.24 bits per heavy atom. The number of carbonyl (C=O) groups excluding carboxylic acids is 2. The van der Waals surface area contributed by atoms with Crippen molar-refractivity contribution in [2.75, 3.05) is 17.7 Å². The molecule has 0 atom stereocenters. The van der Waals surface area contributed by atoms with Gasteiger partial charge in [-0.1, -0.05) is 0 Å². The number of aryl methyl sites for hydroxylation is 1. The molecule has 0 aromatic carbocycles. The van der Waals surface area contributed by atoms with Crippen LogP contribution in [0.4, 0.5) is 10.7 Å². The van der Waals surface area contributed by atoms with E-state index in [2.05, 4.69) is 10.4 Å². The molecule has 0 unspecified atom stereocenters. The van der Waals surface area contributed by atoms with Crippen LogP contribution in [0.2, 0.25) is 0 Å². The largest absolute Gasteiger partial charge is 0.462 e. The van der Waals surface area contributed by atoms with Gasteiger partial charge in [-0.15, -0.1) is 11.3 Å². The van der Waals surface area contributed by atoms with Crippen LogP contribution in [0.1, 0.15) is 34.7 Å². The van der Waals surface area contributed by atoms with Crippen LogP contribution in [-0.2, 0) is 11.3 Å². The molecule has 0 fully saturated rings. The molecule has 0 saturated carbocycles. The zero-order valence-electron chi connectivity index (χ0n) is 11.8. The summed E-state index contributed by atoms with van der Waals surface area (Å²) in [5.74, 6) is -0.922. The second kappa shape index (κ2) is 6.40. The fraction of sp³-hybridized carbons (Fsp3) is 0.308. The molecule has 112 valence electrons. The first kappa shape index (κ1) is 15.0. The summed E-state index contributed by atoms with van der Waals surface area (Å²) in [6, 6.07) is 1.60. The molecule has 0 saturated heterocycles. The van der Waals surface area contributed by atoms with Crippen molar-refractivity contribution in [3.05, 3.63) is 28.9 Å². The summed E-state index contributed by atoms with van der Waals surface area (Å²) >= 11 is 1.24. The van der Waals surface area contributed by atoms with Crippen molar-refractivity contribution in [3.8, 4) is 0 Å². The number of hydrogen-bond donors (Lipinski definition) is 2. The van der Waals surface area contributed by atoms with E-state index in [9.17, 15) is 9.59 Å². The normalized spacial score (nSPS) is 10.4. The Hall–Kier alpha value is -2.35. The van der Waals surface area contributed by atoms with Crippen molar-refractivity contribution >= 4 is 33.9 Å². The van der Waals surface area contributed by atoms with Crippen LogP contribution in [0.3, 0.4) is 0 Å². The van der Waals surface area contributed by atoms with Gasteiger partial charge in [-0.3, -0.25) is 9.48 Å². The van der Waals surface area contributed by atoms with E-state index in [1.165, 1.54) is 11.3 Å². The standard InChI is InChI=1S/C13H16N4O3S/c1-3-17-7-9(14)10(16-17)11(18)15-12-8(5-6-21-12)13(19)20-4-2/h5-7H,3-4,14H2,1-2H3,(H,15,18). The van der Waals surface area contributed by atoms with Crippen molar-refractivity contribution < 1.29 is 14.3 Å². The molecule has 0 bridgehead atoms. The van der Waals surface area contributed by atoms with Crippen LogP contribution in [0, 0.1) is 0 Å². The number of amides is 1. The number of ether oxygens (including phenoxy) is 1. The Balaban J connectivity index is 2.18. The number of anilines is 2. The number of nitrogens with zero attached hydrogens (tertiary/aromatic N) is 2. The first-order chi connectivity index (χ1) is 10.1. The van der Waals surface area contributed by atoms with Crippen LogP contribution >= 0.6 is 11.3 Å². The molecule has 7 nitrogen and oxygen atoms in total. The van der Waals surface area contributed by atoms with Crippen LogP contribution in [0.15, 0.2) is 17.6 Å². The Bertz CT molecular complexity index is 662. The third kappa shape index (κ3) is 3.22. The number of esters is 1. The molecule has 2 heterocycles. The van der Waals surface area contributed by atoms with E-state index in [1.807, 2.05) is 6.92 Å². The third-order valence-corrected chi connectivity index (χ3v) is 3.55. The van der Waals surface area contributed by atoms with Gasteiger partial charge >= 0.3 is 5.97 Å². The lowest BCUT2D eigenvalue weighted by molar-refractivity contribution is 0.0528. The van der Waals surface area contributed by atoms with Gasteiger partial charge in [0.2, 0.25) is 0 Å². The summed E-state index contributed by atoms with van der Waals surface area (Å²) in [4.78, 5) is 23.9. The Kier molecular flexibility index (Phi) is 4.59. The molecular weight excluding hydrogens is 292 g/mol. The molecule has 2 rings (SSSR count). The van der Waals surface area contributed by atoms with Gasteiger partial charge in [-0.2, -0.15) is 5.10 Å². The lowest BCUT2D eigenvalue weighted by atomic mass is 10.3. The fourth-order valence-corrected chi connectivity index (χ4v) is 2.48. The minimum absolute atomic E-state index is 0.139. The average Bonchev–Trinajstić information content (AvgIpc) is 3.05. The summed E-state index contributed by atoms with van der Waals surface area (Å²) in [5, 5.41) is 8.86. The third-order valence-electron chi connectivity index (χ3n) is 2.72. The van der Waals surface area contributed by atoms with Gasteiger partial charge in [0.15, 0.2) is 5.69 Å². The molecule has 2 aromatic rings. The van der Waals surface area contributed by atoms with Gasteiger partial charge in [0.25, 0.3) is 5.91 Å². The molecule has 0 radical (unpaired) electrons. The minimum Gasteiger partial charge on any atom is -0.462 e. The number of carbonyl (C=O) groups is 2. The number of nitrogens with one attached hydrogen (secondary N) is 1. The van der Waals surface area contributed by atoms with Crippen LogP contribution in [0.5, 0.6) is 0 Å². The van der Waals surface area contributed by atoms with E-state index in [0.29, 0.717) is 22.8 Å². The van der Waals surface area contributed by atoms with Gasteiger partial charge in [0.1, 0.15) is 5.00 Å². The Morgan fingerprint density at radius 1 is 1.48 bits per heavy atom. The van der Waals surface area contributed by atoms with Crippen molar-refractivity contribution in [2.45, 2.75) is 20.4 Å². The van der Waals surface area contributed by atoms with E-state index in [4.69, 9.17) is 10.5 Å². The van der Waals surface area contributed by atoms with Crippen LogP contribution in [-0.4, -0.2) is 28.3 Å². The molecular formula is C13H16N4O3S. The van der Waals surface area contributed by atoms with Crippen LogP contribution in [0.25, 0.3) is 0 Å². The summed E-state index contributed by atoms with van der Waals surface area (Å²) in [5.41, 5.74) is 6.52. The van der Waals surface area contributed by atoms with Gasteiger partial charge in [0, 0.05) is 12.7 Å². The second-order valence-electron chi connectivity index (χ2n) is 4.13. The fourth-order valence-electron chi connectivity index (χ4n) is 1.71. The van der Waals surface area contributed by atoms with Crippen LogP contribution < -0.4 is 11.1 Å². The van der Waals surface area contributed by atoms with Crippen molar-refractivity contribution in [1.82, 2.24) is 9.78 Å². The maximum absolute atomic E-state index is 12.2. The zero-order valence-corrected chi connectivity index (χ0v) is 12.6. The summed E-state index contributed by atoms with van der Waals surface area (Å²) < 4.78 is 6.51. The molecule has 21 heavy (non-hydrogen) atoms. The first-order valence-corrected chi connectivity index (χ1v) is 7.33. The molecule has 1 amide bonds. The zero-order chi connectivity index (χ0) is 15.4. The molecule has 3 N–H and O–H groups in total. The highest BCUT2D eigenvalue weighted by molar-refractivity contribution is 7.14. The quantitative estimate of drug-likeness (QED) is 0.823. The lowest BCUT2D eigenvalue weighted by Gasteiger charge is -2.05. The molecule has 2 aromatic heterocycles. The highest BCUT2D eigenvalue weighted by Gasteiger charge is 2.19. The number of aromatic nitrogens is 2. The van der Waals surface area contributed by atoms with E-state index in [0.717, 1.165) is 0 Å². The second-order valence-corrected chi connectivity index (χ2v) is 5.04. The van der Waals surface area contributed by atoms with Crippen molar-refractivity contribution in [3.63, 3.8) is 0 Å². The van der Waals surface area contributed by atoms with Crippen molar-refractivity contribution in [1.29, 1.82) is 0 Å². The Morgan fingerprint density at radius 3 is 2.86 bits per heavy atom. The van der Waals surface area contributed by atoms with Gasteiger partial charge in [-0.25, -0.2) is 4.79 Å². The smallest absolute Gasteiger partial charge is 0.341 e. The highest BCUT2D eigenvalue weighted by atomic mass is 32.1. The summed E-state index contributed by atoms with van der Waals surface area (Å²) in [6.07, 6.45) is 1.59. The SMILES string of the molecule is CCOC(=O)c1ccsc1NC(=O)c1nn(CC)cc1N. The first-order valence-electron chi connectivity index (χ1n) is 6.45. The van der Waals surface area contributed by atoms with Gasteiger partial charge in [0.05, 0.1) is 17.9 Å². The predicted molar refractivity (Wildman–Crippen MR) is 80.5 cm³/mol. The number of nitrogen functional groups attached to an aromatic ring is 1. The van der Waals surface area contributed by atoms with E-state index in [-0.39, 0.29) is 12.3 Å². The maximum Gasteiger partial charge on any atom is 0.341 e. The summed E-state index contributed by atoms with van der Waals surface area (Å²) in [7, 11) is 0. The number of thiophene rings is 1. The van der Waals surface area contributed by atoms with Crippen molar-refractivity contribution in [2.24, 2.45) is 0 Å². The Labute approximate surface area is 125 Å². The number of hydrogen-bond acceptors (Lipinski definition) is 6.